The van der Waals surface area contributed by atoms with E-state index in [2.05, 4.69) is 22.7 Å². The van der Waals surface area contributed by atoms with Crippen LogP contribution in [0.5, 0.6) is 0 Å². The number of hydrogen-bond donors (Lipinski definition) is 1. The number of nitrogens with one attached hydrogen (secondary N) is 1. The Morgan fingerprint density at radius 3 is 2.44 bits per heavy atom. The molecule has 0 saturated heterocycles. The van der Waals surface area contributed by atoms with Crippen molar-refractivity contribution in [2.24, 2.45) is 11.0 Å². The van der Waals surface area contributed by atoms with Crippen LogP contribution >= 0.6 is 0 Å². The minimum atomic E-state index is 0.00132. The molecule has 1 aliphatic rings. The fraction of sp³-hybridized carbons (Fsp3) is 0.182. The van der Waals surface area contributed by atoms with Gasteiger partial charge in [-0.2, -0.15) is 5.10 Å². The average molecular weight is 330 g/mol. The lowest BCUT2D eigenvalue weighted by molar-refractivity contribution is -0.122. The number of carbonyl (C=O) groups excluding carboxylic acids is 1. The van der Waals surface area contributed by atoms with Gasteiger partial charge in [-0.3, -0.25) is 4.79 Å². The molecule has 3 rings (SSSR count). The zero-order chi connectivity index (χ0) is 17.5. The Morgan fingerprint density at radius 2 is 1.72 bits per heavy atom. The Morgan fingerprint density at radius 1 is 1.04 bits per heavy atom. The van der Waals surface area contributed by atoms with E-state index in [9.17, 15) is 4.79 Å². The fourth-order valence-corrected chi connectivity index (χ4v) is 2.74. The van der Waals surface area contributed by atoms with Crippen molar-refractivity contribution in [3.8, 4) is 0 Å². The van der Waals surface area contributed by atoms with E-state index in [1.807, 2.05) is 79.8 Å². The van der Waals surface area contributed by atoms with Crippen LogP contribution in [0.3, 0.4) is 0 Å². The second-order valence-corrected chi connectivity index (χ2v) is 6.22. The standard InChI is InChI=1S/C22H22N2O/c1-17(10-8-9-13-18-11-4-2-5-12-18)23-24-22(25)21-16-20(21)19-14-6-3-7-15-19/h2-15,20-21H,16H2,1H3,(H,24,25)/b10-8+,13-9+,23-17-/t20-,21-/m0/s1. The van der Waals surface area contributed by atoms with Crippen LogP contribution in [0.25, 0.3) is 6.08 Å². The molecule has 1 N–H and O–H groups in total. The molecule has 0 aromatic heterocycles. The van der Waals surface area contributed by atoms with Crippen LogP contribution in [0.1, 0.15) is 30.4 Å². The molecule has 2 aromatic carbocycles. The fourth-order valence-electron chi connectivity index (χ4n) is 2.74. The predicted molar refractivity (Wildman–Crippen MR) is 103 cm³/mol. The van der Waals surface area contributed by atoms with E-state index in [0.29, 0.717) is 5.92 Å². The highest BCUT2D eigenvalue weighted by Crippen LogP contribution is 2.47. The Labute approximate surface area is 148 Å². The molecule has 0 spiro atoms. The van der Waals surface area contributed by atoms with E-state index in [1.54, 1.807) is 0 Å². The maximum atomic E-state index is 12.2. The second-order valence-electron chi connectivity index (χ2n) is 6.22. The van der Waals surface area contributed by atoms with Gasteiger partial charge in [0.05, 0.1) is 5.71 Å². The molecule has 1 aliphatic carbocycles. The van der Waals surface area contributed by atoms with Crippen LogP contribution in [-0.4, -0.2) is 11.6 Å². The van der Waals surface area contributed by atoms with Crippen molar-refractivity contribution in [1.29, 1.82) is 0 Å². The molecule has 0 bridgehead atoms. The van der Waals surface area contributed by atoms with E-state index >= 15 is 0 Å². The van der Waals surface area contributed by atoms with Crippen LogP contribution in [0.2, 0.25) is 0 Å². The number of carbonyl (C=O) groups is 1. The van der Waals surface area contributed by atoms with Crippen molar-refractivity contribution >= 4 is 17.7 Å². The van der Waals surface area contributed by atoms with Gasteiger partial charge in [0, 0.05) is 5.92 Å². The minimum absolute atomic E-state index is 0.00132. The first kappa shape index (κ1) is 16.9. The van der Waals surface area contributed by atoms with Gasteiger partial charge >= 0.3 is 0 Å². The van der Waals surface area contributed by atoms with Gasteiger partial charge in [-0.1, -0.05) is 78.9 Å². The summed E-state index contributed by atoms with van der Waals surface area (Å²) in [5.74, 6) is 0.378. The Kier molecular flexibility index (Phi) is 5.57. The summed E-state index contributed by atoms with van der Waals surface area (Å²) in [6.07, 6.45) is 8.68. The van der Waals surface area contributed by atoms with Gasteiger partial charge in [0.1, 0.15) is 0 Å². The maximum Gasteiger partial charge on any atom is 0.243 e. The topological polar surface area (TPSA) is 41.5 Å². The van der Waals surface area contributed by atoms with E-state index in [4.69, 9.17) is 0 Å². The molecule has 25 heavy (non-hydrogen) atoms. The third kappa shape index (κ3) is 5.01. The molecule has 2 aromatic rings. The van der Waals surface area contributed by atoms with Crippen molar-refractivity contribution in [2.45, 2.75) is 19.3 Å². The van der Waals surface area contributed by atoms with E-state index in [0.717, 1.165) is 17.7 Å². The summed E-state index contributed by atoms with van der Waals surface area (Å²) >= 11 is 0. The second kappa shape index (κ2) is 8.25. The lowest BCUT2D eigenvalue weighted by atomic mass is 10.1. The van der Waals surface area contributed by atoms with Crippen molar-refractivity contribution in [2.75, 3.05) is 0 Å². The highest BCUT2D eigenvalue weighted by atomic mass is 16.2. The van der Waals surface area contributed by atoms with E-state index in [-0.39, 0.29) is 11.8 Å². The Hall–Kier alpha value is -2.94. The maximum absolute atomic E-state index is 12.2. The Bertz CT molecular complexity index is 791. The third-order valence-corrected chi connectivity index (χ3v) is 4.23. The molecule has 1 fully saturated rings. The summed E-state index contributed by atoms with van der Waals surface area (Å²) in [5, 5.41) is 4.15. The van der Waals surface area contributed by atoms with Crippen molar-refractivity contribution < 1.29 is 4.79 Å². The van der Waals surface area contributed by atoms with Crippen LogP contribution in [0.4, 0.5) is 0 Å². The predicted octanol–water partition coefficient (Wildman–Crippen LogP) is 4.55. The monoisotopic (exact) mass is 330 g/mol. The SMILES string of the molecule is CC(/C=C/C=C/c1ccccc1)=N/NC(=O)[C@H]1C[C@H]1c1ccccc1. The molecule has 1 amide bonds. The molecule has 2 atom stereocenters. The summed E-state index contributed by atoms with van der Waals surface area (Å²) < 4.78 is 0. The van der Waals surface area contributed by atoms with Gasteiger partial charge in [0.15, 0.2) is 0 Å². The molecule has 3 heteroatoms. The molecule has 3 nitrogen and oxygen atoms in total. The Balaban J connectivity index is 1.46. The molecular formula is C22H22N2O. The molecule has 0 unspecified atom stereocenters. The average Bonchev–Trinajstić information content (AvgIpc) is 3.46. The van der Waals surface area contributed by atoms with E-state index < -0.39 is 0 Å². The number of hydrogen-bond acceptors (Lipinski definition) is 2. The quantitative estimate of drug-likeness (QED) is 0.471. The highest BCUT2D eigenvalue weighted by molar-refractivity contribution is 5.94. The first-order chi connectivity index (χ1) is 12.2. The molecular weight excluding hydrogens is 308 g/mol. The molecule has 0 aliphatic heterocycles. The third-order valence-electron chi connectivity index (χ3n) is 4.23. The number of allylic oxidation sites excluding steroid dienone is 3. The number of rotatable bonds is 6. The smallest absolute Gasteiger partial charge is 0.243 e. The molecule has 0 radical (unpaired) electrons. The van der Waals surface area contributed by atoms with Crippen molar-refractivity contribution in [1.82, 2.24) is 5.43 Å². The van der Waals surface area contributed by atoms with Gasteiger partial charge in [-0.05, 0) is 36.5 Å². The van der Waals surface area contributed by atoms with E-state index in [1.165, 1.54) is 5.56 Å². The van der Waals surface area contributed by atoms with Gasteiger partial charge in [0.2, 0.25) is 5.91 Å². The number of benzene rings is 2. The van der Waals surface area contributed by atoms with Crippen molar-refractivity contribution in [3.05, 3.63) is 90.0 Å². The van der Waals surface area contributed by atoms with Gasteiger partial charge in [-0.25, -0.2) is 5.43 Å². The normalized spacial score (nSPS) is 20.1. The minimum Gasteiger partial charge on any atom is -0.273 e. The number of hydrazone groups is 1. The largest absolute Gasteiger partial charge is 0.273 e. The van der Waals surface area contributed by atoms with Gasteiger partial charge < -0.3 is 0 Å². The summed E-state index contributed by atoms with van der Waals surface area (Å²) in [6.45, 7) is 1.87. The van der Waals surface area contributed by atoms with Crippen LogP contribution < -0.4 is 5.43 Å². The zero-order valence-corrected chi connectivity index (χ0v) is 14.3. The number of amides is 1. The van der Waals surface area contributed by atoms with Crippen LogP contribution in [0, 0.1) is 5.92 Å². The van der Waals surface area contributed by atoms with Gasteiger partial charge in [-0.15, -0.1) is 0 Å². The van der Waals surface area contributed by atoms with Crippen molar-refractivity contribution in [3.63, 3.8) is 0 Å². The summed E-state index contributed by atoms with van der Waals surface area (Å²) in [6, 6.07) is 20.3. The highest BCUT2D eigenvalue weighted by Gasteiger charge is 2.43. The molecule has 0 heterocycles. The summed E-state index contributed by atoms with van der Waals surface area (Å²) in [4.78, 5) is 12.2. The lowest BCUT2D eigenvalue weighted by Gasteiger charge is -2.00. The lowest BCUT2D eigenvalue weighted by Crippen LogP contribution is -2.21. The first-order valence-electron chi connectivity index (χ1n) is 8.53. The summed E-state index contributed by atoms with van der Waals surface area (Å²) in [5.41, 5.74) is 5.82. The van der Waals surface area contributed by atoms with Gasteiger partial charge in [0.25, 0.3) is 0 Å². The van der Waals surface area contributed by atoms with Crippen LogP contribution in [-0.2, 0) is 4.79 Å². The number of nitrogens with zero attached hydrogens (tertiary/aromatic N) is 1. The van der Waals surface area contributed by atoms with Crippen LogP contribution in [0.15, 0.2) is 84.0 Å². The summed E-state index contributed by atoms with van der Waals surface area (Å²) in [7, 11) is 0. The zero-order valence-electron chi connectivity index (χ0n) is 14.3. The molecule has 1 saturated carbocycles. The first-order valence-corrected chi connectivity index (χ1v) is 8.53. The molecule has 126 valence electrons.